The second kappa shape index (κ2) is 9.86. The second-order valence-corrected chi connectivity index (χ2v) is 11.4. The first kappa shape index (κ1) is 24.7. The lowest BCUT2D eigenvalue weighted by Crippen LogP contribution is -1.94. The van der Waals surface area contributed by atoms with Crippen molar-refractivity contribution in [2.45, 2.75) is 0 Å². The summed E-state index contributed by atoms with van der Waals surface area (Å²) in [5.74, 6) is 0. The second-order valence-electron chi connectivity index (χ2n) is 11.4. The molecular formula is C42H28N2. The molecule has 2 nitrogen and oxygen atoms in total. The molecular weight excluding hydrogens is 532 g/mol. The molecule has 0 atom stereocenters. The van der Waals surface area contributed by atoms with E-state index in [1.54, 1.807) is 0 Å². The predicted molar refractivity (Wildman–Crippen MR) is 186 cm³/mol. The van der Waals surface area contributed by atoms with Crippen LogP contribution in [-0.4, -0.2) is 9.13 Å². The lowest BCUT2D eigenvalue weighted by Gasteiger charge is -2.12. The fourth-order valence-electron chi connectivity index (χ4n) is 6.91. The van der Waals surface area contributed by atoms with E-state index in [2.05, 4.69) is 179 Å². The highest BCUT2D eigenvalue weighted by Crippen LogP contribution is 2.35. The molecule has 0 radical (unpaired) electrons. The highest BCUT2D eigenvalue weighted by atomic mass is 15.0. The molecule has 0 aliphatic rings. The van der Waals surface area contributed by atoms with Crippen molar-refractivity contribution in [3.8, 4) is 33.6 Å². The molecule has 0 aliphatic carbocycles. The molecule has 7 aromatic carbocycles. The predicted octanol–water partition coefficient (Wildman–Crippen LogP) is 11.2. The lowest BCUT2D eigenvalue weighted by atomic mass is 9.99. The van der Waals surface area contributed by atoms with Crippen molar-refractivity contribution >= 4 is 43.6 Å². The van der Waals surface area contributed by atoms with Gasteiger partial charge in [0, 0.05) is 32.9 Å². The minimum absolute atomic E-state index is 1.17. The van der Waals surface area contributed by atoms with Crippen LogP contribution in [0.4, 0.5) is 0 Å². The van der Waals surface area contributed by atoms with E-state index in [0.717, 1.165) is 0 Å². The molecule has 0 aliphatic heterocycles. The molecule has 9 rings (SSSR count). The highest BCUT2D eigenvalue weighted by Gasteiger charge is 2.14. The molecule has 0 saturated carbocycles. The minimum atomic E-state index is 1.17. The third-order valence-corrected chi connectivity index (χ3v) is 8.92. The molecule has 0 N–H and O–H groups in total. The van der Waals surface area contributed by atoms with E-state index in [1.165, 1.54) is 77.2 Å². The van der Waals surface area contributed by atoms with E-state index in [0.29, 0.717) is 0 Å². The Kier molecular flexibility index (Phi) is 5.54. The standard InChI is InChI=1S/C42H28N2/c1-5-19-39-35(15-1)36-16-2-6-20-40(36)43(39)33-13-9-11-31(27-33)29-23-25-30(26-24-29)32-12-10-14-34(28-32)44-41-21-7-3-17-37(41)38-18-4-8-22-42(38)44/h1-28H. The van der Waals surface area contributed by atoms with Gasteiger partial charge in [-0.15, -0.1) is 0 Å². The van der Waals surface area contributed by atoms with E-state index in [4.69, 9.17) is 0 Å². The largest absolute Gasteiger partial charge is 0.309 e. The monoisotopic (exact) mass is 560 g/mol. The van der Waals surface area contributed by atoms with Gasteiger partial charge < -0.3 is 9.13 Å². The summed E-state index contributed by atoms with van der Waals surface area (Å²) >= 11 is 0. The van der Waals surface area contributed by atoms with Crippen molar-refractivity contribution in [3.63, 3.8) is 0 Å². The van der Waals surface area contributed by atoms with Crippen LogP contribution >= 0.6 is 0 Å². The van der Waals surface area contributed by atoms with Gasteiger partial charge in [0.25, 0.3) is 0 Å². The van der Waals surface area contributed by atoms with Gasteiger partial charge in [0.2, 0.25) is 0 Å². The molecule has 0 fully saturated rings. The van der Waals surface area contributed by atoms with Crippen LogP contribution in [0.5, 0.6) is 0 Å². The maximum atomic E-state index is 2.38. The Morgan fingerprint density at radius 3 is 0.909 bits per heavy atom. The van der Waals surface area contributed by atoms with Gasteiger partial charge in [-0.25, -0.2) is 0 Å². The Labute approximate surface area is 255 Å². The van der Waals surface area contributed by atoms with E-state index >= 15 is 0 Å². The SMILES string of the molecule is c1cc(-c2ccc(-c3cccc(-n4c5ccccc5c5ccccc54)c3)cc2)cc(-n2c3ccccc3c3ccccc32)c1. The van der Waals surface area contributed by atoms with E-state index in [-0.39, 0.29) is 0 Å². The normalized spacial score (nSPS) is 11.6. The maximum absolute atomic E-state index is 2.38. The molecule has 2 heteroatoms. The summed E-state index contributed by atoms with van der Waals surface area (Å²) in [5, 5.41) is 5.11. The molecule has 2 heterocycles. The van der Waals surface area contributed by atoms with E-state index in [9.17, 15) is 0 Å². The van der Waals surface area contributed by atoms with Crippen LogP contribution in [0.1, 0.15) is 0 Å². The third-order valence-electron chi connectivity index (χ3n) is 8.92. The van der Waals surface area contributed by atoms with Gasteiger partial charge in [0.05, 0.1) is 22.1 Å². The average molecular weight is 561 g/mol. The molecule has 44 heavy (non-hydrogen) atoms. The van der Waals surface area contributed by atoms with Gasteiger partial charge in [-0.3, -0.25) is 0 Å². The quantitative estimate of drug-likeness (QED) is 0.203. The minimum Gasteiger partial charge on any atom is -0.309 e. The van der Waals surface area contributed by atoms with Crippen molar-refractivity contribution < 1.29 is 0 Å². The zero-order valence-electron chi connectivity index (χ0n) is 24.1. The molecule has 0 bridgehead atoms. The van der Waals surface area contributed by atoms with Crippen LogP contribution < -0.4 is 0 Å². The Morgan fingerprint density at radius 1 is 0.250 bits per heavy atom. The first-order valence-corrected chi connectivity index (χ1v) is 15.1. The summed E-state index contributed by atoms with van der Waals surface area (Å²) < 4.78 is 4.76. The number of para-hydroxylation sites is 4. The summed E-state index contributed by atoms with van der Waals surface area (Å²) in [4.78, 5) is 0. The Hall–Kier alpha value is -5.86. The number of aromatic nitrogens is 2. The van der Waals surface area contributed by atoms with Gasteiger partial charge in [-0.2, -0.15) is 0 Å². The first-order chi connectivity index (χ1) is 21.8. The molecule has 9 aromatic rings. The number of nitrogens with zero attached hydrogens (tertiary/aromatic N) is 2. The van der Waals surface area contributed by atoms with Crippen molar-refractivity contribution in [1.29, 1.82) is 0 Å². The summed E-state index contributed by atoms with van der Waals surface area (Å²) in [5.41, 5.74) is 12.1. The summed E-state index contributed by atoms with van der Waals surface area (Å²) in [6, 6.07) is 61.4. The maximum Gasteiger partial charge on any atom is 0.0541 e. The molecule has 0 spiro atoms. The van der Waals surface area contributed by atoms with Gasteiger partial charge in [-0.05, 0) is 70.8 Å². The van der Waals surface area contributed by atoms with Crippen LogP contribution in [0.3, 0.4) is 0 Å². The van der Waals surface area contributed by atoms with Gasteiger partial charge >= 0.3 is 0 Å². The van der Waals surface area contributed by atoms with Crippen molar-refractivity contribution in [2.75, 3.05) is 0 Å². The Balaban J connectivity index is 1.10. The Bertz CT molecular complexity index is 2210. The zero-order valence-corrected chi connectivity index (χ0v) is 24.1. The number of rotatable bonds is 4. The van der Waals surface area contributed by atoms with E-state index in [1.807, 2.05) is 0 Å². The highest BCUT2D eigenvalue weighted by molar-refractivity contribution is 6.10. The smallest absolute Gasteiger partial charge is 0.0541 e. The molecule has 0 amide bonds. The van der Waals surface area contributed by atoms with Crippen LogP contribution in [0.25, 0.3) is 77.2 Å². The Morgan fingerprint density at radius 2 is 0.568 bits per heavy atom. The topological polar surface area (TPSA) is 9.86 Å². The van der Waals surface area contributed by atoms with E-state index < -0.39 is 0 Å². The molecule has 2 aromatic heterocycles. The summed E-state index contributed by atoms with van der Waals surface area (Å²) in [6.45, 7) is 0. The molecule has 206 valence electrons. The zero-order chi connectivity index (χ0) is 29.0. The van der Waals surface area contributed by atoms with Crippen molar-refractivity contribution in [1.82, 2.24) is 9.13 Å². The van der Waals surface area contributed by atoms with Gasteiger partial charge in [0.1, 0.15) is 0 Å². The fourth-order valence-corrected chi connectivity index (χ4v) is 6.91. The van der Waals surface area contributed by atoms with Gasteiger partial charge in [-0.1, -0.05) is 121 Å². The number of hydrogen-bond acceptors (Lipinski definition) is 0. The summed E-state index contributed by atoms with van der Waals surface area (Å²) in [6.07, 6.45) is 0. The number of fused-ring (bicyclic) bond motifs is 6. The average Bonchev–Trinajstić information content (AvgIpc) is 3.62. The molecule has 0 saturated heterocycles. The van der Waals surface area contributed by atoms with Crippen LogP contribution in [-0.2, 0) is 0 Å². The third kappa shape index (κ3) is 3.82. The first-order valence-electron chi connectivity index (χ1n) is 15.1. The number of benzene rings is 7. The van der Waals surface area contributed by atoms with Crippen LogP contribution in [0.15, 0.2) is 170 Å². The van der Waals surface area contributed by atoms with Gasteiger partial charge in [0.15, 0.2) is 0 Å². The lowest BCUT2D eigenvalue weighted by molar-refractivity contribution is 1.18. The fraction of sp³-hybridized carbons (Fsp3) is 0. The van der Waals surface area contributed by atoms with Crippen LogP contribution in [0.2, 0.25) is 0 Å². The summed E-state index contributed by atoms with van der Waals surface area (Å²) in [7, 11) is 0. The van der Waals surface area contributed by atoms with Crippen LogP contribution in [0, 0.1) is 0 Å². The molecule has 0 unspecified atom stereocenters. The van der Waals surface area contributed by atoms with Crippen molar-refractivity contribution in [2.24, 2.45) is 0 Å². The number of hydrogen-bond donors (Lipinski definition) is 0. The van der Waals surface area contributed by atoms with Crippen molar-refractivity contribution in [3.05, 3.63) is 170 Å².